The highest BCUT2D eigenvalue weighted by Gasteiger charge is 2.18. The highest BCUT2D eigenvalue weighted by atomic mass is 16.5. The molecule has 6 heteroatoms. The molecule has 0 aliphatic carbocycles. The Morgan fingerprint density at radius 1 is 1.35 bits per heavy atom. The number of benzene rings is 1. The van der Waals surface area contributed by atoms with E-state index >= 15 is 0 Å². The molecule has 0 fully saturated rings. The van der Waals surface area contributed by atoms with E-state index in [-0.39, 0.29) is 18.4 Å². The molecule has 0 heterocycles. The Morgan fingerprint density at radius 3 is 2.60 bits per heavy atom. The van der Waals surface area contributed by atoms with Gasteiger partial charge in [0.2, 0.25) is 5.91 Å². The smallest absolute Gasteiger partial charge is 0.254 e. The number of methoxy groups -OCH3 is 1. The lowest BCUT2D eigenvalue weighted by molar-refractivity contribution is -0.121. The molecular weight excluding hydrogens is 258 g/mol. The standard InChI is InChI=1S/C14H21N3O3/c1-4-16-13(18)9-17(5-2)14(19)10-6-7-11(15)12(8-10)20-3/h6-8H,4-5,9,15H2,1-3H3,(H,16,18). The van der Waals surface area contributed by atoms with Crippen LogP contribution in [-0.2, 0) is 4.79 Å². The van der Waals surface area contributed by atoms with Gasteiger partial charge in [-0.3, -0.25) is 9.59 Å². The number of hydrogen-bond acceptors (Lipinski definition) is 4. The number of hydrogen-bond donors (Lipinski definition) is 2. The minimum atomic E-state index is -0.225. The molecule has 2 amide bonds. The summed E-state index contributed by atoms with van der Waals surface area (Å²) in [6, 6.07) is 4.82. The molecule has 6 nitrogen and oxygen atoms in total. The van der Waals surface area contributed by atoms with Crippen LogP contribution in [0.1, 0.15) is 24.2 Å². The molecule has 3 N–H and O–H groups in total. The molecule has 0 unspecified atom stereocenters. The predicted molar refractivity (Wildman–Crippen MR) is 77.7 cm³/mol. The molecule has 110 valence electrons. The van der Waals surface area contributed by atoms with Gasteiger partial charge in [0.1, 0.15) is 5.75 Å². The number of carbonyl (C=O) groups excluding carboxylic acids is 2. The zero-order chi connectivity index (χ0) is 15.1. The minimum absolute atomic E-state index is 0.0376. The summed E-state index contributed by atoms with van der Waals surface area (Å²) in [7, 11) is 1.49. The van der Waals surface area contributed by atoms with Crippen molar-refractivity contribution >= 4 is 17.5 Å². The first-order valence-electron chi connectivity index (χ1n) is 6.52. The Labute approximate surface area is 118 Å². The molecule has 0 saturated carbocycles. The Kier molecular flexibility index (Phi) is 5.83. The van der Waals surface area contributed by atoms with Crippen LogP contribution in [0.25, 0.3) is 0 Å². The molecule has 1 aromatic carbocycles. The molecule has 0 bridgehead atoms. The second-order valence-electron chi connectivity index (χ2n) is 4.23. The fraction of sp³-hybridized carbons (Fsp3) is 0.429. The van der Waals surface area contributed by atoms with Crippen LogP contribution < -0.4 is 15.8 Å². The van der Waals surface area contributed by atoms with Crippen molar-refractivity contribution in [2.24, 2.45) is 0 Å². The van der Waals surface area contributed by atoms with E-state index in [1.807, 2.05) is 13.8 Å². The molecule has 0 aliphatic rings. The van der Waals surface area contributed by atoms with Gasteiger partial charge in [0.05, 0.1) is 19.3 Å². The Morgan fingerprint density at radius 2 is 2.05 bits per heavy atom. The van der Waals surface area contributed by atoms with Crippen LogP contribution in [-0.4, -0.2) is 43.5 Å². The van der Waals surface area contributed by atoms with Gasteiger partial charge in [0, 0.05) is 18.7 Å². The van der Waals surface area contributed by atoms with E-state index < -0.39 is 0 Å². The molecule has 0 spiro atoms. The van der Waals surface area contributed by atoms with Crippen molar-refractivity contribution in [1.82, 2.24) is 10.2 Å². The van der Waals surface area contributed by atoms with Crippen molar-refractivity contribution < 1.29 is 14.3 Å². The van der Waals surface area contributed by atoms with E-state index in [2.05, 4.69) is 5.32 Å². The molecule has 0 atom stereocenters. The summed E-state index contributed by atoms with van der Waals surface area (Å²) in [6.07, 6.45) is 0. The normalized spacial score (nSPS) is 9.95. The van der Waals surface area contributed by atoms with Gasteiger partial charge in [-0.15, -0.1) is 0 Å². The number of nitrogens with two attached hydrogens (primary N) is 1. The van der Waals surface area contributed by atoms with E-state index in [0.717, 1.165) is 0 Å². The second kappa shape index (κ2) is 7.37. The lowest BCUT2D eigenvalue weighted by Gasteiger charge is -2.20. The first-order chi connectivity index (χ1) is 9.53. The highest BCUT2D eigenvalue weighted by molar-refractivity contribution is 5.97. The van der Waals surface area contributed by atoms with Gasteiger partial charge in [-0.1, -0.05) is 0 Å². The van der Waals surface area contributed by atoms with Gasteiger partial charge in [-0.2, -0.15) is 0 Å². The third kappa shape index (κ3) is 3.88. The molecule has 1 aromatic rings. The number of rotatable bonds is 6. The lowest BCUT2D eigenvalue weighted by Crippen LogP contribution is -2.40. The van der Waals surface area contributed by atoms with Crippen LogP contribution in [0.5, 0.6) is 5.75 Å². The van der Waals surface area contributed by atoms with Gasteiger partial charge < -0.3 is 20.7 Å². The maximum Gasteiger partial charge on any atom is 0.254 e. The summed E-state index contributed by atoms with van der Waals surface area (Å²) < 4.78 is 5.09. The van der Waals surface area contributed by atoms with Crippen molar-refractivity contribution in [2.75, 3.05) is 32.5 Å². The van der Waals surface area contributed by atoms with Crippen LogP contribution in [0.4, 0.5) is 5.69 Å². The number of ether oxygens (including phenoxy) is 1. The number of nitrogens with zero attached hydrogens (tertiary/aromatic N) is 1. The van der Waals surface area contributed by atoms with Crippen molar-refractivity contribution in [3.63, 3.8) is 0 Å². The van der Waals surface area contributed by atoms with E-state index in [1.54, 1.807) is 18.2 Å². The van der Waals surface area contributed by atoms with E-state index in [9.17, 15) is 9.59 Å². The van der Waals surface area contributed by atoms with Crippen molar-refractivity contribution in [3.05, 3.63) is 23.8 Å². The maximum atomic E-state index is 12.3. The van der Waals surface area contributed by atoms with Crippen LogP contribution in [0.15, 0.2) is 18.2 Å². The summed E-state index contributed by atoms with van der Waals surface area (Å²) in [5, 5.41) is 2.67. The molecule has 20 heavy (non-hydrogen) atoms. The Balaban J connectivity index is 2.88. The summed E-state index contributed by atoms with van der Waals surface area (Å²) in [4.78, 5) is 25.4. The van der Waals surface area contributed by atoms with Gasteiger partial charge in [-0.25, -0.2) is 0 Å². The lowest BCUT2D eigenvalue weighted by atomic mass is 10.1. The topological polar surface area (TPSA) is 84.7 Å². The number of carbonyl (C=O) groups is 2. The molecule has 1 rings (SSSR count). The first-order valence-corrected chi connectivity index (χ1v) is 6.52. The largest absolute Gasteiger partial charge is 0.495 e. The highest BCUT2D eigenvalue weighted by Crippen LogP contribution is 2.22. The summed E-state index contributed by atoms with van der Waals surface area (Å²) in [5.74, 6) is 0.0482. The Hall–Kier alpha value is -2.24. The van der Waals surface area contributed by atoms with Gasteiger partial charge in [-0.05, 0) is 32.0 Å². The van der Waals surface area contributed by atoms with E-state index in [0.29, 0.717) is 30.1 Å². The predicted octanol–water partition coefficient (Wildman–Crippen LogP) is 0.876. The maximum absolute atomic E-state index is 12.3. The fourth-order valence-electron chi connectivity index (χ4n) is 1.78. The van der Waals surface area contributed by atoms with Gasteiger partial charge in [0.15, 0.2) is 0 Å². The molecule has 0 aliphatic heterocycles. The van der Waals surface area contributed by atoms with E-state index in [4.69, 9.17) is 10.5 Å². The third-order valence-corrected chi connectivity index (χ3v) is 2.86. The van der Waals surface area contributed by atoms with Crippen LogP contribution in [0.2, 0.25) is 0 Å². The fourth-order valence-corrected chi connectivity index (χ4v) is 1.78. The molecule has 0 saturated heterocycles. The van der Waals surface area contributed by atoms with Crippen LogP contribution >= 0.6 is 0 Å². The van der Waals surface area contributed by atoms with E-state index in [1.165, 1.54) is 12.0 Å². The average molecular weight is 279 g/mol. The number of likely N-dealkylation sites (N-methyl/N-ethyl adjacent to an activating group) is 2. The monoisotopic (exact) mass is 279 g/mol. The SMILES string of the molecule is CCNC(=O)CN(CC)C(=O)c1ccc(N)c(OC)c1. The van der Waals surface area contributed by atoms with Gasteiger partial charge in [0.25, 0.3) is 5.91 Å². The number of anilines is 1. The minimum Gasteiger partial charge on any atom is -0.495 e. The first kappa shape index (κ1) is 15.8. The number of nitrogen functional groups attached to an aromatic ring is 1. The zero-order valence-corrected chi connectivity index (χ0v) is 12.1. The molecular formula is C14H21N3O3. The third-order valence-electron chi connectivity index (χ3n) is 2.86. The number of nitrogens with one attached hydrogen (secondary N) is 1. The molecule has 0 radical (unpaired) electrons. The number of amides is 2. The quantitative estimate of drug-likeness (QED) is 0.757. The van der Waals surface area contributed by atoms with Crippen LogP contribution in [0.3, 0.4) is 0 Å². The van der Waals surface area contributed by atoms with Gasteiger partial charge >= 0.3 is 0 Å². The van der Waals surface area contributed by atoms with Crippen molar-refractivity contribution in [1.29, 1.82) is 0 Å². The second-order valence-corrected chi connectivity index (χ2v) is 4.23. The summed E-state index contributed by atoms with van der Waals surface area (Å²) >= 11 is 0. The Bertz CT molecular complexity index is 489. The summed E-state index contributed by atoms with van der Waals surface area (Å²) in [5.41, 5.74) is 6.63. The van der Waals surface area contributed by atoms with Crippen molar-refractivity contribution in [3.8, 4) is 5.75 Å². The average Bonchev–Trinajstić information content (AvgIpc) is 2.45. The van der Waals surface area contributed by atoms with Crippen molar-refractivity contribution in [2.45, 2.75) is 13.8 Å². The van der Waals surface area contributed by atoms with Crippen LogP contribution in [0, 0.1) is 0 Å². The zero-order valence-electron chi connectivity index (χ0n) is 12.1. The molecule has 0 aromatic heterocycles. The summed E-state index contributed by atoms with van der Waals surface area (Å²) in [6.45, 7) is 4.69.